The highest BCUT2D eigenvalue weighted by Gasteiger charge is 2.30. The van der Waals surface area contributed by atoms with E-state index >= 15 is 0 Å². The van der Waals surface area contributed by atoms with Crippen LogP contribution in [-0.4, -0.2) is 35.8 Å². The molecule has 1 rings (SSSR count). The summed E-state index contributed by atoms with van der Waals surface area (Å²) < 4.78 is 39.5. The summed E-state index contributed by atoms with van der Waals surface area (Å²) >= 11 is 0. The number of carbonyl (C=O) groups is 1. The van der Waals surface area contributed by atoms with Crippen molar-refractivity contribution in [3.63, 3.8) is 0 Å². The van der Waals surface area contributed by atoms with Crippen molar-refractivity contribution < 1.29 is 22.7 Å². The SMILES string of the molecule is CN(Cc1ccncc1)C(=O)OCC(F)(F)F. The molecule has 0 spiro atoms. The van der Waals surface area contributed by atoms with E-state index in [-0.39, 0.29) is 6.54 Å². The zero-order chi connectivity index (χ0) is 12.9. The van der Waals surface area contributed by atoms with Gasteiger partial charge in [0.05, 0.1) is 0 Å². The zero-order valence-electron chi connectivity index (χ0n) is 9.07. The number of nitrogens with zero attached hydrogens (tertiary/aromatic N) is 2. The van der Waals surface area contributed by atoms with Crippen LogP contribution < -0.4 is 0 Å². The van der Waals surface area contributed by atoms with E-state index in [0.29, 0.717) is 0 Å². The molecule has 0 saturated carbocycles. The highest BCUT2D eigenvalue weighted by molar-refractivity contribution is 5.67. The number of rotatable bonds is 3. The minimum Gasteiger partial charge on any atom is -0.440 e. The van der Waals surface area contributed by atoms with Gasteiger partial charge in [-0.15, -0.1) is 0 Å². The number of ether oxygens (including phenoxy) is 1. The van der Waals surface area contributed by atoms with E-state index in [1.165, 1.54) is 19.4 Å². The molecule has 0 atom stereocenters. The summed E-state index contributed by atoms with van der Waals surface area (Å²) in [6.45, 7) is -1.41. The molecule has 0 fully saturated rings. The number of hydrogen-bond acceptors (Lipinski definition) is 3. The van der Waals surface area contributed by atoms with Gasteiger partial charge in [-0.25, -0.2) is 4.79 Å². The Bertz CT molecular complexity index is 368. The van der Waals surface area contributed by atoms with Crippen molar-refractivity contribution in [3.05, 3.63) is 30.1 Å². The third-order valence-electron chi connectivity index (χ3n) is 1.84. The molecule has 0 aliphatic heterocycles. The Balaban J connectivity index is 2.43. The van der Waals surface area contributed by atoms with Crippen molar-refractivity contribution in [3.8, 4) is 0 Å². The molecular formula is C10H11F3N2O2. The summed E-state index contributed by atoms with van der Waals surface area (Å²) in [6, 6.07) is 3.32. The molecule has 1 amide bonds. The van der Waals surface area contributed by atoms with Crippen LogP contribution in [0.15, 0.2) is 24.5 Å². The number of halogens is 3. The Hall–Kier alpha value is -1.79. The monoisotopic (exact) mass is 248 g/mol. The number of alkyl halides is 3. The number of aromatic nitrogens is 1. The molecule has 0 aliphatic rings. The molecule has 0 saturated heterocycles. The highest BCUT2D eigenvalue weighted by atomic mass is 19.4. The molecule has 4 nitrogen and oxygen atoms in total. The van der Waals surface area contributed by atoms with Crippen LogP contribution >= 0.6 is 0 Å². The minimum atomic E-state index is -4.51. The second-order valence-electron chi connectivity index (χ2n) is 3.38. The van der Waals surface area contributed by atoms with Crippen LogP contribution in [0.5, 0.6) is 0 Å². The van der Waals surface area contributed by atoms with Gasteiger partial charge in [0.25, 0.3) is 0 Å². The van der Waals surface area contributed by atoms with Gasteiger partial charge in [-0.1, -0.05) is 0 Å². The second kappa shape index (κ2) is 5.51. The molecular weight excluding hydrogens is 237 g/mol. The predicted octanol–water partition coefficient (Wildman–Crippen LogP) is 2.21. The fourth-order valence-electron chi connectivity index (χ4n) is 1.08. The van der Waals surface area contributed by atoms with Crippen LogP contribution in [0, 0.1) is 0 Å². The van der Waals surface area contributed by atoms with E-state index in [9.17, 15) is 18.0 Å². The normalized spacial score (nSPS) is 11.1. The average molecular weight is 248 g/mol. The van der Waals surface area contributed by atoms with Gasteiger partial charge in [0.15, 0.2) is 6.61 Å². The van der Waals surface area contributed by atoms with E-state index in [0.717, 1.165) is 10.5 Å². The topological polar surface area (TPSA) is 42.4 Å². The maximum atomic E-state index is 11.8. The molecule has 0 radical (unpaired) electrons. The van der Waals surface area contributed by atoms with Crippen molar-refractivity contribution in [2.75, 3.05) is 13.7 Å². The van der Waals surface area contributed by atoms with Crippen molar-refractivity contribution in [2.24, 2.45) is 0 Å². The summed E-state index contributed by atoms with van der Waals surface area (Å²) in [4.78, 5) is 16.0. The first-order valence-electron chi connectivity index (χ1n) is 4.72. The summed E-state index contributed by atoms with van der Waals surface area (Å²) in [5, 5.41) is 0. The van der Waals surface area contributed by atoms with Crippen molar-refractivity contribution in [1.82, 2.24) is 9.88 Å². The van der Waals surface area contributed by atoms with Crippen LogP contribution in [0.2, 0.25) is 0 Å². The maximum absolute atomic E-state index is 11.8. The average Bonchev–Trinajstić information content (AvgIpc) is 2.26. The van der Waals surface area contributed by atoms with Crippen LogP contribution in [0.25, 0.3) is 0 Å². The molecule has 0 N–H and O–H groups in total. The first-order valence-corrected chi connectivity index (χ1v) is 4.72. The van der Waals surface area contributed by atoms with Gasteiger partial charge >= 0.3 is 12.3 Å². The smallest absolute Gasteiger partial charge is 0.422 e. The molecule has 7 heteroatoms. The molecule has 0 unspecified atom stereocenters. The van der Waals surface area contributed by atoms with Crippen LogP contribution in [-0.2, 0) is 11.3 Å². The van der Waals surface area contributed by atoms with Crippen molar-refractivity contribution in [1.29, 1.82) is 0 Å². The van der Waals surface area contributed by atoms with Gasteiger partial charge in [0, 0.05) is 26.0 Å². The second-order valence-corrected chi connectivity index (χ2v) is 3.38. The van der Waals surface area contributed by atoms with Gasteiger partial charge in [0.1, 0.15) is 0 Å². The number of hydrogen-bond donors (Lipinski definition) is 0. The summed E-state index contributed by atoms with van der Waals surface area (Å²) in [5.74, 6) is 0. The largest absolute Gasteiger partial charge is 0.440 e. The highest BCUT2D eigenvalue weighted by Crippen LogP contribution is 2.15. The lowest BCUT2D eigenvalue weighted by Crippen LogP contribution is -2.30. The van der Waals surface area contributed by atoms with Gasteiger partial charge in [-0.2, -0.15) is 13.2 Å². The molecule has 0 bridgehead atoms. The maximum Gasteiger partial charge on any atom is 0.422 e. The van der Waals surface area contributed by atoms with E-state index in [2.05, 4.69) is 9.72 Å². The number of carbonyl (C=O) groups excluding carboxylic acids is 1. The fraction of sp³-hybridized carbons (Fsp3) is 0.400. The number of amides is 1. The van der Waals surface area contributed by atoms with Gasteiger partial charge < -0.3 is 9.64 Å². The van der Waals surface area contributed by atoms with Crippen LogP contribution in [0.3, 0.4) is 0 Å². The lowest BCUT2D eigenvalue weighted by atomic mass is 10.2. The summed E-state index contributed by atoms with van der Waals surface area (Å²) in [6.07, 6.45) is -2.46. The third-order valence-corrected chi connectivity index (χ3v) is 1.84. The Labute approximate surface area is 96.0 Å². The van der Waals surface area contributed by atoms with Gasteiger partial charge in [-0.3, -0.25) is 4.98 Å². The van der Waals surface area contributed by atoms with Crippen molar-refractivity contribution >= 4 is 6.09 Å². The van der Waals surface area contributed by atoms with E-state index in [4.69, 9.17) is 0 Å². The predicted molar refractivity (Wildman–Crippen MR) is 53.1 cm³/mol. The van der Waals surface area contributed by atoms with E-state index in [1.807, 2.05) is 0 Å². The van der Waals surface area contributed by atoms with Gasteiger partial charge in [-0.05, 0) is 17.7 Å². The Morgan fingerprint density at radius 1 is 1.41 bits per heavy atom. The molecule has 94 valence electrons. The minimum absolute atomic E-state index is 0.166. The molecule has 0 aliphatic carbocycles. The zero-order valence-corrected chi connectivity index (χ0v) is 9.07. The molecule has 1 aromatic heterocycles. The summed E-state index contributed by atoms with van der Waals surface area (Å²) in [5.41, 5.74) is 0.756. The Morgan fingerprint density at radius 3 is 2.53 bits per heavy atom. The Kier molecular flexibility index (Phi) is 4.30. The number of pyridine rings is 1. The Morgan fingerprint density at radius 2 is 2.00 bits per heavy atom. The van der Waals surface area contributed by atoms with Crippen LogP contribution in [0.1, 0.15) is 5.56 Å². The molecule has 1 aromatic rings. The first-order chi connectivity index (χ1) is 7.88. The standard InChI is InChI=1S/C10H11F3N2O2/c1-15(6-8-2-4-14-5-3-8)9(16)17-7-10(11,12)13/h2-5H,6-7H2,1H3. The molecule has 17 heavy (non-hydrogen) atoms. The van der Waals surface area contributed by atoms with Crippen LogP contribution in [0.4, 0.5) is 18.0 Å². The fourth-order valence-corrected chi connectivity index (χ4v) is 1.08. The van der Waals surface area contributed by atoms with Crippen molar-refractivity contribution in [2.45, 2.75) is 12.7 Å². The van der Waals surface area contributed by atoms with E-state index in [1.54, 1.807) is 12.1 Å². The molecule has 1 heterocycles. The lowest BCUT2D eigenvalue weighted by Gasteiger charge is -2.17. The van der Waals surface area contributed by atoms with Gasteiger partial charge in [0.2, 0.25) is 0 Å². The first kappa shape index (κ1) is 13.3. The molecule has 0 aromatic carbocycles. The third kappa shape index (κ3) is 5.19. The van der Waals surface area contributed by atoms with E-state index < -0.39 is 18.9 Å². The summed E-state index contributed by atoms with van der Waals surface area (Å²) in [7, 11) is 1.36. The quantitative estimate of drug-likeness (QED) is 0.823. The lowest BCUT2D eigenvalue weighted by molar-refractivity contribution is -0.162.